The molecular weight excluding hydrogens is 329 g/mol. The highest BCUT2D eigenvalue weighted by molar-refractivity contribution is 6.33. The highest BCUT2D eigenvalue weighted by Gasteiger charge is 2.16. The molecule has 0 spiro atoms. The van der Waals surface area contributed by atoms with E-state index in [4.69, 9.17) is 28.9 Å². The van der Waals surface area contributed by atoms with Crippen LogP contribution >= 0.6 is 23.2 Å². The van der Waals surface area contributed by atoms with Crippen LogP contribution in [0.4, 0.5) is 0 Å². The van der Waals surface area contributed by atoms with E-state index in [0.717, 1.165) is 52.0 Å². The first-order chi connectivity index (χ1) is 11.1. The lowest BCUT2D eigenvalue weighted by molar-refractivity contribution is 0.748. The number of rotatable bonds is 5. The van der Waals surface area contributed by atoms with E-state index in [9.17, 15) is 0 Å². The Kier molecular flexibility index (Phi) is 4.90. The first-order valence-corrected chi connectivity index (χ1v) is 8.48. The van der Waals surface area contributed by atoms with Crippen molar-refractivity contribution in [3.05, 3.63) is 51.8 Å². The molecule has 0 bridgehead atoms. The van der Waals surface area contributed by atoms with Gasteiger partial charge in [0, 0.05) is 33.9 Å². The maximum Gasteiger partial charge on any atom is 0.0682 e. The number of hydrogen-bond acceptors (Lipinski definition) is 2. The quantitative estimate of drug-likeness (QED) is 0.628. The number of nitrogens with one attached hydrogen (secondary N) is 1. The van der Waals surface area contributed by atoms with Crippen molar-refractivity contribution >= 4 is 34.1 Å². The first-order valence-electron chi connectivity index (χ1n) is 7.72. The van der Waals surface area contributed by atoms with Gasteiger partial charge in [0.2, 0.25) is 0 Å². The molecule has 0 aliphatic carbocycles. The van der Waals surface area contributed by atoms with Gasteiger partial charge in [0.05, 0.1) is 10.7 Å². The molecule has 0 saturated heterocycles. The number of halogens is 2. The van der Waals surface area contributed by atoms with Gasteiger partial charge in [0.1, 0.15) is 0 Å². The summed E-state index contributed by atoms with van der Waals surface area (Å²) in [6.45, 7) is 2.76. The van der Waals surface area contributed by atoms with Crippen LogP contribution in [-0.4, -0.2) is 16.5 Å². The van der Waals surface area contributed by atoms with Crippen molar-refractivity contribution in [3.63, 3.8) is 0 Å². The van der Waals surface area contributed by atoms with Gasteiger partial charge in [-0.25, -0.2) is 0 Å². The predicted octanol–water partition coefficient (Wildman–Crippen LogP) is 5.13. The highest BCUT2D eigenvalue weighted by Crippen LogP contribution is 2.37. The number of aryl methyl sites for hydroxylation is 2. The molecule has 0 radical (unpaired) electrons. The number of unbranched alkanes of at least 4 members (excludes halogenated alkanes) is 1. The minimum atomic E-state index is 0.642. The van der Waals surface area contributed by atoms with Crippen LogP contribution < -0.4 is 5.73 Å². The van der Waals surface area contributed by atoms with Crippen molar-refractivity contribution in [2.24, 2.45) is 5.73 Å². The summed E-state index contributed by atoms with van der Waals surface area (Å²) >= 11 is 12.6. The second-order valence-electron chi connectivity index (χ2n) is 5.73. The molecule has 23 heavy (non-hydrogen) atoms. The lowest BCUT2D eigenvalue weighted by Crippen LogP contribution is -1.99. The summed E-state index contributed by atoms with van der Waals surface area (Å²) in [6, 6.07) is 5.94. The first kappa shape index (κ1) is 16.3. The molecule has 5 heteroatoms. The van der Waals surface area contributed by atoms with E-state index < -0.39 is 0 Å². The summed E-state index contributed by atoms with van der Waals surface area (Å²) in [7, 11) is 0. The van der Waals surface area contributed by atoms with Gasteiger partial charge in [0.25, 0.3) is 0 Å². The number of pyridine rings is 1. The van der Waals surface area contributed by atoms with Crippen LogP contribution in [0.5, 0.6) is 0 Å². The average molecular weight is 348 g/mol. The minimum Gasteiger partial charge on any atom is -0.354 e. The molecule has 3 N–H and O–H groups in total. The molecule has 3 aromatic rings. The standard InChI is InChI=1S/C18H19Cl2N3/c1-11-8-12(19)9-15-13(4-2-3-6-21)18(23-17(11)15)14-5-7-22-10-16(14)20/h5,7-10,23H,2-4,6,21H2,1H3. The summed E-state index contributed by atoms with van der Waals surface area (Å²) in [4.78, 5) is 7.62. The van der Waals surface area contributed by atoms with Crippen LogP contribution in [0.25, 0.3) is 22.2 Å². The SMILES string of the molecule is Cc1cc(Cl)cc2c(CCCCN)c(-c3ccncc3Cl)[nH]c12. The molecule has 2 heterocycles. The average Bonchev–Trinajstić information content (AvgIpc) is 2.87. The third-order valence-electron chi connectivity index (χ3n) is 4.10. The van der Waals surface area contributed by atoms with E-state index >= 15 is 0 Å². The van der Waals surface area contributed by atoms with Crippen LogP contribution in [0.3, 0.4) is 0 Å². The number of H-pyrrole nitrogens is 1. The fourth-order valence-electron chi connectivity index (χ4n) is 3.00. The molecule has 0 atom stereocenters. The van der Waals surface area contributed by atoms with E-state index in [1.54, 1.807) is 12.4 Å². The Bertz CT molecular complexity index is 840. The number of fused-ring (bicyclic) bond motifs is 1. The minimum absolute atomic E-state index is 0.642. The highest BCUT2D eigenvalue weighted by atomic mass is 35.5. The molecule has 0 amide bonds. The van der Waals surface area contributed by atoms with Crippen LogP contribution in [-0.2, 0) is 6.42 Å². The summed E-state index contributed by atoms with van der Waals surface area (Å²) < 4.78 is 0. The van der Waals surface area contributed by atoms with Crippen molar-refractivity contribution in [1.82, 2.24) is 9.97 Å². The molecule has 120 valence electrons. The monoisotopic (exact) mass is 347 g/mol. The number of nitrogens with two attached hydrogens (primary N) is 1. The summed E-state index contributed by atoms with van der Waals surface area (Å²) in [6.07, 6.45) is 6.40. The van der Waals surface area contributed by atoms with Gasteiger partial charge in [-0.2, -0.15) is 0 Å². The van der Waals surface area contributed by atoms with Gasteiger partial charge >= 0.3 is 0 Å². The molecule has 0 saturated carbocycles. The van der Waals surface area contributed by atoms with Gasteiger partial charge in [0.15, 0.2) is 0 Å². The molecule has 0 aliphatic rings. The van der Waals surface area contributed by atoms with Crippen molar-refractivity contribution < 1.29 is 0 Å². The molecular formula is C18H19Cl2N3. The lowest BCUT2D eigenvalue weighted by atomic mass is 10.00. The Morgan fingerprint density at radius 2 is 2.04 bits per heavy atom. The smallest absolute Gasteiger partial charge is 0.0682 e. The molecule has 0 unspecified atom stereocenters. The van der Waals surface area contributed by atoms with E-state index in [1.807, 2.05) is 18.2 Å². The number of hydrogen-bond donors (Lipinski definition) is 2. The third-order valence-corrected chi connectivity index (χ3v) is 4.62. The van der Waals surface area contributed by atoms with Crippen molar-refractivity contribution in [2.75, 3.05) is 6.54 Å². The van der Waals surface area contributed by atoms with E-state index in [1.165, 1.54) is 5.56 Å². The Morgan fingerprint density at radius 1 is 1.22 bits per heavy atom. The van der Waals surface area contributed by atoms with Gasteiger partial charge in [-0.15, -0.1) is 0 Å². The van der Waals surface area contributed by atoms with Gasteiger partial charge in [-0.05, 0) is 62.1 Å². The van der Waals surface area contributed by atoms with E-state index in [2.05, 4.69) is 16.9 Å². The molecule has 3 rings (SSSR count). The molecule has 0 fully saturated rings. The molecule has 0 aliphatic heterocycles. The van der Waals surface area contributed by atoms with Crippen molar-refractivity contribution in [2.45, 2.75) is 26.2 Å². The second kappa shape index (κ2) is 6.91. The van der Waals surface area contributed by atoms with Crippen molar-refractivity contribution in [3.8, 4) is 11.3 Å². The van der Waals surface area contributed by atoms with Crippen LogP contribution in [0.1, 0.15) is 24.0 Å². The maximum absolute atomic E-state index is 6.36. The lowest BCUT2D eigenvalue weighted by Gasteiger charge is -2.06. The Hall–Kier alpha value is -1.55. The number of aromatic amines is 1. The zero-order valence-corrected chi connectivity index (χ0v) is 14.5. The summed E-state index contributed by atoms with van der Waals surface area (Å²) in [5, 5.41) is 2.55. The van der Waals surface area contributed by atoms with Gasteiger partial charge in [-0.1, -0.05) is 23.2 Å². The Labute approximate surface area is 145 Å². The third kappa shape index (κ3) is 3.23. The topological polar surface area (TPSA) is 54.7 Å². The fraction of sp³-hybridized carbons (Fsp3) is 0.278. The maximum atomic E-state index is 6.36. The van der Waals surface area contributed by atoms with Crippen LogP contribution in [0, 0.1) is 6.92 Å². The Balaban J connectivity index is 2.21. The predicted molar refractivity (Wildman–Crippen MR) is 98.3 cm³/mol. The normalized spacial score (nSPS) is 11.3. The Morgan fingerprint density at radius 3 is 2.78 bits per heavy atom. The van der Waals surface area contributed by atoms with Crippen LogP contribution in [0.2, 0.25) is 10.0 Å². The van der Waals surface area contributed by atoms with Crippen LogP contribution in [0.15, 0.2) is 30.6 Å². The van der Waals surface area contributed by atoms with E-state index in [0.29, 0.717) is 11.6 Å². The summed E-state index contributed by atoms with van der Waals surface area (Å²) in [5.41, 5.74) is 11.1. The molecule has 2 aromatic heterocycles. The van der Waals surface area contributed by atoms with Gasteiger partial charge < -0.3 is 10.7 Å². The largest absolute Gasteiger partial charge is 0.354 e. The second-order valence-corrected chi connectivity index (χ2v) is 6.57. The number of aromatic nitrogens is 2. The molecule has 3 nitrogen and oxygen atoms in total. The summed E-state index contributed by atoms with van der Waals surface area (Å²) in [5.74, 6) is 0. The number of nitrogens with zero attached hydrogens (tertiary/aromatic N) is 1. The van der Waals surface area contributed by atoms with Crippen molar-refractivity contribution in [1.29, 1.82) is 0 Å². The molecule has 1 aromatic carbocycles. The number of benzene rings is 1. The fourth-order valence-corrected chi connectivity index (χ4v) is 3.48. The van der Waals surface area contributed by atoms with Gasteiger partial charge in [-0.3, -0.25) is 4.98 Å². The zero-order chi connectivity index (χ0) is 16.4. The zero-order valence-electron chi connectivity index (χ0n) is 13.0. The van der Waals surface area contributed by atoms with E-state index in [-0.39, 0.29) is 0 Å².